The van der Waals surface area contributed by atoms with Gasteiger partial charge in [-0.1, -0.05) is 43.7 Å². The van der Waals surface area contributed by atoms with Crippen molar-refractivity contribution < 1.29 is 13.2 Å². The first-order valence-corrected chi connectivity index (χ1v) is 12.8. The van der Waals surface area contributed by atoms with Crippen molar-refractivity contribution in [3.8, 4) is 0 Å². The van der Waals surface area contributed by atoms with E-state index in [2.05, 4.69) is 19.2 Å². The minimum Gasteiger partial charge on any atom is -0.324 e. The third-order valence-corrected chi connectivity index (χ3v) is 7.68. The number of rotatable bonds is 7. The molecule has 34 heavy (non-hydrogen) atoms. The molecule has 3 aromatic rings. The van der Waals surface area contributed by atoms with Crippen molar-refractivity contribution >= 4 is 21.4 Å². The summed E-state index contributed by atoms with van der Waals surface area (Å²) < 4.78 is 28.0. The van der Waals surface area contributed by atoms with Gasteiger partial charge in [-0.05, 0) is 81.0 Å². The molecule has 180 valence electrons. The lowest BCUT2D eigenvalue weighted by Gasteiger charge is -2.16. The van der Waals surface area contributed by atoms with Crippen molar-refractivity contribution in [2.24, 2.45) is 5.92 Å². The molecular formula is C27H32N2O4S. The highest BCUT2D eigenvalue weighted by atomic mass is 32.2. The van der Waals surface area contributed by atoms with Gasteiger partial charge in [0.2, 0.25) is 15.7 Å². The molecule has 0 aliphatic rings. The van der Waals surface area contributed by atoms with Crippen molar-refractivity contribution in [1.29, 1.82) is 0 Å². The molecule has 7 heteroatoms. The number of hydrogen-bond donors (Lipinski definition) is 1. The summed E-state index contributed by atoms with van der Waals surface area (Å²) in [5, 5.41) is 2.82. The third kappa shape index (κ3) is 5.47. The van der Waals surface area contributed by atoms with E-state index < -0.39 is 21.3 Å². The maximum Gasteiger partial charge on any atom is 0.270 e. The van der Waals surface area contributed by atoms with Crippen LogP contribution in [0.15, 0.2) is 63.1 Å². The molecule has 1 amide bonds. The molecule has 0 atom stereocenters. The first-order valence-electron chi connectivity index (χ1n) is 11.3. The Balaban J connectivity index is 1.96. The van der Waals surface area contributed by atoms with Crippen molar-refractivity contribution in [3.05, 3.63) is 86.8 Å². The molecule has 1 heterocycles. The molecule has 6 nitrogen and oxygen atoms in total. The second-order valence-corrected chi connectivity index (χ2v) is 11.2. The minimum absolute atomic E-state index is 0.0651. The van der Waals surface area contributed by atoms with E-state index in [1.54, 1.807) is 44.2 Å². The molecule has 0 spiro atoms. The fourth-order valence-corrected chi connectivity index (χ4v) is 5.67. The predicted molar refractivity (Wildman–Crippen MR) is 135 cm³/mol. The molecule has 1 aromatic heterocycles. The van der Waals surface area contributed by atoms with Gasteiger partial charge < -0.3 is 9.88 Å². The molecule has 0 saturated carbocycles. The Kier molecular flexibility index (Phi) is 7.46. The van der Waals surface area contributed by atoms with Crippen LogP contribution in [0.1, 0.15) is 41.8 Å². The van der Waals surface area contributed by atoms with Crippen LogP contribution in [0.4, 0.5) is 5.69 Å². The van der Waals surface area contributed by atoms with Gasteiger partial charge in [0.25, 0.3) is 5.56 Å². The first-order chi connectivity index (χ1) is 15.9. The fourth-order valence-electron chi connectivity index (χ4n) is 4.11. The first kappa shape index (κ1) is 25.4. The van der Waals surface area contributed by atoms with Gasteiger partial charge in [-0.2, -0.15) is 0 Å². The average Bonchev–Trinajstić information content (AvgIpc) is 2.73. The van der Waals surface area contributed by atoms with Gasteiger partial charge in [-0.25, -0.2) is 8.42 Å². The van der Waals surface area contributed by atoms with Gasteiger partial charge in [0, 0.05) is 11.4 Å². The number of nitrogens with zero attached hydrogens (tertiary/aromatic N) is 1. The second kappa shape index (κ2) is 9.97. The summed E-state index contributed by atoms with van der Waals surface area (Å²) in [6.45, 7) is 11.1. The Morgan fingerprint density at radius 2 is 1.59 bits per heavy atom. The fraction of sp³-hybridized carbons (Fsp3) is 0.333. The van der Waals surface area contributed by atoms with Gasteiger partial charge in [0.1, 0.15) is 11.4 Å². The van der Waals surface area contributed by atoms with Gasteiger partial charge in [-0.3, -0.25) is 9.59 Å². The molecule has 0 aliphatic heterocycles. The summed E-state index contributed by atoms with van der Waals surface area (Å²) >= 11 is 0. The number of nitrogens with one attached hydrogen (secondary N) is 1. The monoisotopic (exact) mass is 480 g/mol. The van der Waals surface area contributed by atoms with E-state index in [4.69, 9.17) is 0 Å². The molecule has 0 bridgehead atoms. The molecule has 0 radical (unpaired) electrons. The minimum atomic E-state index is -4.06. The maximum atomic E-state index is 13.4. The Bertz CT molecular complexity index is 1390. The topological polar surface area (TPSA) is 85.2 Å². The van der Waals surface area contributed by atoms with Crippen LogP contribution < -0.4 is 10.9 Å². The number of hydrogen-bond acceptors (Lipinski definition) is 4. The lowest BCUT2D eigenvalue weighted by Crippen LogP contribution is -2.33. The number of sulfone groups is 1. The van der Waals surface area contributed by atoms with E-state index in [1.807, 2.05) is 32.0 Å². The van der Waals surface area contributed by atoms with Gasteiger partial charge in [-0.15, -0.1) is 0 Å². The van der Waals surface area contributed by atoms with Crippen molar-refractivity contribution in [2.45, 2.75) is 64.3 Å². The van der Waals surface area contributed by atoms with Crippen LogP contribution in [0.3, 0.4) is 0 Å². The van der Waals surface area contributed by atoms with Gasteiger partial charge in [0.15, 0.2) is 0 Å². The zero-order valence-corrected chi connectivity index (χ0v) is 21.4. The Labute approximate surface area is 201 Å². The van der Waals surface area contributed by atoms with Gasteiger partial charge in [0.05, 0.1) is 4.90 Å². The van der Waals surface area contributed by atoms with E-state index in [9.17, 15) is 18.0 Å². The highest BCUT2D eigenvalue weighted by molar-refractivity contribution is 7.91. The predicted octanol–water partition coefficient (Wildman–Crippen LogP) is 4.75. The summed E-state index contributed by atoms with van der Waals surface area (Å²) in [6, 6.07) is 13.9. The third-order valence-electron chi connectivity index (χ3n) is 5.75. The number of pyridine rings is 1. The summed E-state index contributed by atoms with van der Waals surface area (Å²) in [4.78, 5) is 25.9. The lowest BCUT2D eigenvalue weighted by molar-refractivity contribution is -0.116. The number of carbonyl (C=O) groups excluding carboxylic acids is 1. The highest BCUT2D eigenvalue weighted by Crippen LogP contribution is 2.23. The molecular weight excluding hydrogens is 448 g/mol. The Hall–Kier alpha value is -3.19. The van der Waals surface area contributed by atoms with E-state index in [1.165, 1.54) is 4.57 Å². The van der Waals surface area contributed by atoms with E-state index in [-0.39, 0.29) is 16.3 Å². The highest BCUT2D eigenvalue weighted by Gasteiger charge is 2.26. The Morgan fingerprint density at radius 3 is 2.18 bits per heavy atom. The van der Waals surface area contributed by atoms with E-state index in [0.29, 0.717) is 22.9 Å². The molecule has 3 rings (SSSR count). The van der Waals surface area contributed by atoms with Crippen LogP contribution in [0.5, 0.6) is 0 Å². The van der Waals surface area contributed by atoms with Crippen LogP contribution >= 0.6 is 0 Å². The molecule has 0 aliphatic carbocycles. The zero-order chi connectivity index (χ0) is 25.2. The number of benzene rings is 2. The maximum absolute atomic E-state index is 13.4. The van der Waals surface area contributed by atoms with Crippen molar-refractivity contribution in [2.75, 3.05) is 5.32 Å². The number of anilines is 1. The van der Waals surface area contributed by atoms with E-state index in [0.717, 1.165) is 23.1 Å². The number of aromatic nitrogens is 1. The van der Waals surface area contributed by atoms with Crippen molar-refractivity contribution in [1.82, 2.24) is 4.57 Å². The molecule has 2 aromatic carbocycles. The quantitative estimate of drug-likeness (QED) is 0.529. The standard InChI is InChI=1S/C27H32N2O4S/c1-17(2)13-22-8-10-23(11-9-22)34(32,33)26-20(5)15-21(6)29(27(26)31)16-25(30)28-24-12-7-18(3)14-19(24)4/h7-12,14-15,17H,13,16H2,1-6H3,(H,28,30). The molecule has 0 unspecified atom stereocenters. The second-order valence-electron chi connectivity index (χ2n) is 9.30. The van der Waals surface area contributed by atoms with Crippen molar-refractivity contribution in [3.63, 3.8) is 0 Å². The largest absolute Gasteiger partial charge is 0.324 e. The number of aryl methyl sites for hydroxylation is 4. The number of carbonyl (C=O) groups is 1. The van der Waals surface area contributed by atoms with Crippen LogP contribution in [-0.4, -0.2) is 18.9 Å². The zero-order valence-electron chi connectivity index (χ0n) is 20.6. The summed E-state index contributed by atoms with van der Waals surface area (Å²) in [6.07, 6.45) is 0.840. The lowest BCUT2D eigenvalue weighted by atomic mass is 10.0. The van der Waals surface area contributed by atoms with Crippen LogP contribution in [0.25, 0.3) is 0 Å². The molecule has 0 saturated heterocycles. The number of amides is 1. The summed E-state index contributed by atoms with van der Waals surface area (Å²) in [5.74, 6) is 0.0474. The summed E-state index contributed by atoms with van der Waals surface area (Å²) in [7, 11) is -4.06. The molecule has 1 N–H and O–H groups in total. The smallest absolute Gasteiger partial charge is 0.270 e. The molecule has 0 fully saturated rings. The summed E-state index contributed by atoms with van der Waals surface area (Å²) in [5.41, 5.74) is 3.86. The van der Waals surface area contributed by atoms with E-state index >= 15 is 0 Å². The van der Waals surface area contributed by atoms with Crippen LogP contribution in [0.2, 0.25) is 0 Å². The Morgan fingerprint density at radius 1 is 0.941 bits per heavy atom. The van der Waals surface area contributed by atoms with Gasteiger partial charge >= 0.3 is 0 Å². The SMILES string of the molecule is Cc1ccc(NC(=O)Cn2c(C)cc(C)c(S(=O)(=O)c3ccc(CC(C)C)cc3)c2=O)c(C)c1. The normalized spacial score (nSPS) is 11.6. The van der Waals surface area contributed by atoms with Crippen LogP contribution in [0, 0.1) is 33.6 Å². The average molecular weight is 481 g/mol. The van der Waals surface area contributed by atoms with Crippen LogP contribution in [-0.2, 0) is 27.6 Å².